The van der Waals surface area contributed by atoms with Crippen LogP contribution >= 0.6 is 11.6 Å². The number of nitrogens with two attached hydrogens (primary N) is 2. The van der Waals surface area contributed by atoms with Crippen molar-refractivity contribution in [2.24, 2.45) is 10.9 Å². The smallest absolute Gasteiger partial charge is 0.276 e. The van der Waals surface area contributed by atoms with E-state index >= 15 is 0 Å². The number of benzene rings is 2. The van der Waals surface area contributed by atoms with Crippen molar-refractivity contribution in [2.75, 3.05) is 18.4 Å². The molecule has 1 heterocycles. The number of halogens is 2. The molecule has 0 aromatic heterocycles. The molecule has 166 valence electrons. The van der Waals surface area contributed by atoms with E-state index in [0.29, 0.717) is 5.56 Å². The van der Waals surface area contributed by atoms with Crippen molar-refractivity contribution in [1.82, 2.24) is 4.31 Å². The van der Waals surface area contributed by atoms with E-state index in [2.05, 4.69) is 5.32 Å². The molecule has 0 spiro atoms. The summed E-state index contributed by atoms with van der Waals surface area (Å²) in [6.45, 7) is 3.48. The van der Waals surface area contributed by atoms with Gasteiger partial charge in [-0.25, -0.2) is 9.53 Å². The van der Waals surface area contributed by atoms with Gasteiger partial charge in [-0.15, -0.1) is 0 Å². The van der Waals surface area contributed by atoms with Gasteiger partial charge in [-0.1, -0.05) is 49.7 Å². The topological polar surface area (TPSA) is 136 Å². The highest BCUT2D eigenvalue weighted by Gasteiger charge is 2.54. The Hall–Kier alpha value is -2.53. The van der Waals surface area contributed by atoms with Crippen LogP contribution in [-0.4, -0.2) is 37.6 Å². The second kappa shape index (κ2) is 8.19. The minimum atomic E-state index is -4.02. The van der Waals surface area contributed by atoms with Crippen LogP contribution in [0.25, 0.3) is 0 Å². The number of carbonyl (C=O) groups is 2. The highest BCUT2D eigenvalue weighted by Crippen LogP contribution is 2.41. The van der Waals surface area contributed by atoms with Crippen molar-refractivity contribution >= 4 is 39.3 Å². The normalized spacial score (nSPS) is 16.1. The highest BCUT2D eigenvalue weighted by atomic mass is 35.5. The Labute approximate surface area is 184 Å². The average Bonchev–Trinajstić information content (AvgIpc) is 2.62. The van der Waals surface area contributed by atoms with Gasteiger partial charge >= 0.3 is 0 Å². The predicted octanol–water partition coefficient (Wildman–Crippen LogP) is 2.10. The number of hydrogen-bond donors (Lipinski definition) is 3. The Kier molecular flexibility index (Phi) is 6.12. The maximum atomic E-state index is 14.0. The molecular formula is C20H22ClFN4O4S. The summed E-state index contributed by atoms with van der Waals surface area (Å²) in [7, 11) is -4.02. The van der Waals surface area contributed by atoms with E-state index in [4.69, 9.17) is 22.5 Å². The quantitative estimate of drug-likeness (QED) is 0.598. The lowest BCUT2D eigenvalue weighted by Gasteiger charge is -2.48. The molecule has 11 heteroatoms. The van der Waals surface area contributed by atoms with Crippen molar-refractivity contribution < 1.29 is 22.4 Å². The van der Waals surface area contributed by atoms with Gasteiger partial charge in [0.1, 0.15) is 11.2 Å². The van der Waals surface area contributed by atoms with Crippen molar-refractivity contribution in [3.63, 3.8) is 0 Å². The molecule has 3 rings (SSSR count). The first-order valence-corrected chi connectivity index (χ1v) is 11.2. The minimum absolute atomic E-state index is 0.0403. The zero-order valence-corrected chi connectivity index (χ0v) is 18.4. The van der Waals surface area contributed by atoms with Crippen LogP contribution in [0.5, 0.6) is 0 Å². The van der Waals surface area contributed by atoms with Crippen LogP contribution in [0.3, 0.4) is 0 Å². The Morgan fingerprint density at radius 3 is 2.39 bits per heavy atom. The summed E-state index contributed by atoms with van der Waals surface area (Å²) in [6.07, 6.45) is 0. The third-order valence-electron chi connectivity index (χ3n) is 5.36. The molecule has 0 saturated carbocycles. The molecule has 0 atom stereocenters. The number of nitrogens with one attached hydrogen (secondary N) is 1. The van der Waals surface area contributed by atoms with Gasteiger partial charge in [0.25, 0.3) is 16.1 Å². The highest BCUT2D eigenvalue weighted by molar-refractivity contribution is 7.86. The third kappa shape index (κ3) is 4.29. The van der Waals surface area contributed by atoms with Crippen LogP contribution in [0.1, 0.15) is 41.3 Å². The van der Waals surface area contributed by atoms with Crippen molar-refractivity contribution in [2.45, 2.75) is 25.2 Å². The summed E-state index contributed by atoms with van der Waals surface area (Å²) in [6, 6.07) is 9.09. The van der Waals surface area contributed by atoms with E-state index in [1.165, 1.54) is 0 Å². The molecule has 0 bridgehead atoms. The van der Waals surface area contributed by atoms with Crippen LogP contribution in [-0.2, 0) is 20.4 Å². The SMILES string of the molecule is CC(C)c1ccccc1C1(C(=O)Nc2cc(F)c(Cl)cc2C(N)=O)CN(S(N)(=O)=O)C1. The van der Waals surface area contributed by atoms with Crippen molar-refractivity contribution in [3.8, 4) is 0 Å². The number of primary amides is 1. The first kappa shape index (κ1) is 23.1. The van der Waals surface area contributed by atoms with Gasteiger partial charge < -0.3 is 11.1 Å². The molecule has 5 N–H and O–H groups in total. The summed E-state index contributed by atoms with van der Waals surface area (Å²) >= 11 is 5.73. The number of amides is 2. The van der Waals surface area contributed by atoms with Gasteiger partial charge in [0, 0.05) is 13.1 Å². The first-order chi connectivity index (χ1) is 14.4. The number of anilines is 1. The van der Waals surface area contributed by atoms with Gasteiger partial charge in [-0.3, -0.25) is 9.59 Å². The predicted molar refractivity (Wildman–Crippen MR) is 115 cm³/mol. The second-order valence-corrected chi connectivity index (χ2v) is 9.72. The Morgan fingerprint density at radius 1 is 1.23 bits per heavy atom. The first-order valence-electron chi connectivity index (χ1n) is 9.34. The number of rotatable bonds is 6. The maximum Gasteiger partial charge on any atom is 0.276 e. The van der Waals surface area contributed by atoms with E-state index in [1.807, 2.05) is 26.0 Å². The van der Waals surface area contributed by atoms with Crippen molar-refractivity contribution in [1.29, 1.82) is 0 Å². The molecule has 31 heavy (non-hydrogen) atoms. The zero-order chi connectivity index (χ0) is 23.1. The number of carbonyl (C=O) groups excluding carboxylic acids is 2. The molecule has 1 fully saturated rings. The van der Waals surface area contributed by atoms with Crippen LogP contribution in [0.15, 0.2) is 36.4 Å². The van der Waals surface area contributed by atoms with Gasteiger partial charge in [-0.05, 0) is 29.2 Å². The molecule has 2 aromatic rings. The van der Waals surface area contributed by atoms with Crippen LogP contribution in [0, 0.1) is 5.82 Å². The lowest BCUT2D eigenvalue weighted by molar-refractivity contribution is -0.125. The number of hydrogen-bond acceptors (Lipinski definition) is 4. The Morgan fingerprint density at radius 2 is 1.84 bits per heavy atom. The standard InChI is InChI=1S/C20H22ClFN4O4S/c1-11(2)12-5-3-4-6-14(12)20(9-26(10-20)31(24,29)30)19(28)25-17-8-16(22)15(21)7-13(17)18(23)27/h3-8,11H,9-10H2,1-2H3,(H2,23,27)(H,25,28)(H2,24,29,30). The molecule has 2 amide bonds. The summed E-state index contributed by atoms with van der Waals surface area (Å²) in [5, 5.41) is 7.45. The van der Waals surface area contributed by atoms with Gasteiger partial charge in [0.2, 0.25) is 5.91 Å². The molecule has 0 unspecified atom stereocenters. The van der Waals surface area contributed by atoms with Gasteiger partial charge in [0.15, 0.2) is 0 Å². The molecule has 0 radical (unpaired) electrons. The summed E-state index contributed by atoms with van der Waals surface area (Å²) in [5.41, 5.74) is 5.19. The molecule has 8 nitrogen and oxygen atoms in total. The molecular weight excluding hydrogens is 447 g/mol. The summed E-state index contributed by atoms with van der Waals surface area (Å²) in [5.74, 6) is -2.34. The second-order valence-electron chi connectivity index (χ2n) is 7.77. The molecule has 0 aliphatic carbocycles. The largest absolute Gasteiger partial charge is 0.366 e. The lowest BCUT2D eigenvalue weighted by atomic mass is 9.71. The van der Waals surface area contributed by atoms with Crippen LogP contribution in [0.2, 0.25) is 5.02 Å². The van der Waals surface area contributed by atoms with E-state index < -0.39 is 33.3 Å². The molecule has 1 aliphatic heterocycles. The average molecular weight is 469 g/mol. The Balaban J connectivity index is 2.08. The monoisotopic (exact) mass is 468 g/mol. The fourth-order valence-electron chi connectivity index (χ4n) is 3.70. The number of nitrogens with zero attached hydrogens (tertiary/aromatic N) is 1. The van der Waals surface area contributed by atoms with Crippen molar-refractivity contribution in [3.05, 3.63) is 63.9 Å². The third-order valence-corrected chi connectivity index (χ3v) is 6.63. The van der Waals surface area contributed by atoms with Crippen LogP contribution < -0.4 is 16.2 Å². The van der Waals surface area contributed by atoms with E-state index in [-0.39, 0.29) is 35.3 Å². The zero-order valence-electron chi connectivity index (χ0n) is 16.9. The summed E-state index contributed by atoms with van der Waals surface area (Å²) < 4.78 is 38.6. The molecule has 1 aliphatic rings. The Bertz CT molecular complexity index is 1160. The molecule has 2 aromatic carbocycles. The fourth-order valence-corrected chi connectivity index (χ4v) is 4.67. The summed E-state index contributed by atoms with van der Waals surface area (Å²) in [4.78, 5) is 25.2. The van der Waals surface area contributed by atoms with E-state index in [1.54, 1.807) is 12.1 Å². The fraction of sp³-hybridized carbons (Fsp3) is 0.300. The minimum Gasteiger partial charge on any atom is -0.366 e. The van der Waals surface area contributed by atoms with Gasteiger partial charge in [0.05, 0.1) is 16.3 Å². The lowest BCUT2D eigenvalue weighted by Crippen LogP contribution is -2.67. The maximum absolute atomic E-state index is 14.0. The van der Waals surface area contributed by atoms with Gasteiger partial charge in [-0.2, -0.15) is 12.7 Å². The van der Waals surface area contributed by atoms with E-state index in [9.17, 15) is 22.4 Å². The van der Waals surface area contributed by atoms with E-state index in [0.717, 1.165) is 22.0 Å². The molecule has 1 saturated heterocycles. The van der Waals surface area contributed by atoms with Crippen LogP contribution in [0.4, 0.5) is 10.1 Å².